The van der Waals surface area contributed by atoms with E-state index < -0.39 is 0 Å². The molecule has 5 nitrogen and oxygen atoms in total. The Bertz CT molecular complexity index is 784. The Labute approximate surface area is 148 Å². The molecule has 0 atom stereocenters. The Balaban J connectivity index is 1.53. The lowest BCUT2D eigenvalue weighted by Gasteiger charge is -2.26. The van der Waals surface area contributed by atoms with E-state index in [-0.39, 0.29) is 0 Å². The van der Waals surface area contributed by atoms with Gasteiger partial charge in [0.25, 0.3) is 0 Å². The number of imidazole rings is 1. The molecular formula is C20H25N5. The molecule has 5 heteroatoms. The van der Waals surface area contributed by atoms with Gasteiger partial charge in [-0.2, -0.15) is 5.10 Å². The van der Waals surface area contributed by atoms with Gasteiger partial charge < -0.3 is 9.47 Å². The van der Waals surface area contributed by atoms with E-state index in [9.17, 15) is 0 Å². The van der Waals surface area contributed by atoms with Gasteiger partial charge in [-0.3, -0.25) is 4.68 Å². The van der Waals surface area contributed by atoms with E-state index in [0.717, 1.165) is 25.5 Å². The van der Waals surface area contributed by atoms with Gasteiger partial charge in [0.05, 0.1) is 6.54 Å². The molecule has 1 saturated heterocycles. The molecule has 0 amide bonds. The molecule has 0 bridgehead atoms. The molecule has 0 N–H and O–H groups in total. The predicted molar refractivity (Wildman–Crippen MR) is 99.3 cm³/mol. The zero-order valence-corrected chi connectivity index (χ0v) is 14.6. The van der Waals surface area contributed by atoms with Crippen LogP contribution in [0.4, 0.5) is 0 Å². The fourth-order valence-electron chi connectivity index (χ4n) is 3.61. The molecule has 0 radical (unpaired) electrons. The highest BCUT2D eigenvalue weighted by molar-refractivity contribution is 5.60. The van der Waals surface area contributed by atoms with Crippen molar-refractivity contribution < 1.29 is 0 Å². The minimum atomic E-state index is 0.766. The van der Waals surface area contributed by atoms with Gasteiger partial charge in [0, 0.05) is 43.4 Å². The molecule has 4 rings (SSSR count). The maximum Gasteiger partial charge on any atom is 0.140 e. The van der Waals surface area contributed by atoms with Crippen LogP contribution in [0.1, 0.15) is 24.8 Å². The summed E-state index contributed by atoms with van der Waals surface area (Å²) >= 11 is 0. The van der Waals surface area contributed by atoms with Gasteiger partial charge in [-0.1, -0.05) is 30.7 Å². The molecule has 0 saturated carbocycles. The van der Waals surface area contributed by atoms with Gasteiger partial charge >= 0.3 is 0 Å². The minimum Gasteiger partial charge on any atom is -0.330 e. The van der Waals surface area contributed by atoms with Crippen molar-refractivity contribution in [1.82, 2.24) is 24.2 Å². The van der Waals surface area contributed by atoms with Crippen LogP contribution >= 0.6 is 0 Å². The first kappa shape index (κ1) is 16.1. The highest BCUT2D eigenvalue weighted by atomic mass is 15.3. The molecule has 3 heterocycles. The van der Waals surface area contributed by atoms with E-state index in [2.05, 4.69) is 50.0 Å². The Morgan fingerprint density at radius 2 is 1.76 bits per heavy atom. The zero-order valence-electron chi connectivity index (χ0n) is 14.6. The highest BCUT2D eigenvalue weighted by Gasteiger charge is 2.13. The maximum atomic E-state index is 4.65. The number of hydrogen-bond acceptors (Lipinski definition) is 3. The molecule has 3 aromatic rings. The summed E-state index contributed by atoms with van der Waals surface area (Å²) in [6, 6.07) is 10.5. The molecule has 0 aliphatic carbocycles. The SMILES string of the molecule is c1ccc(-c2nccn2CCN2CCCCC2)c(Cn2cccn2)c1. The van der Waals surface area contributed by atoms with Gasteiger partial charge in [0.2, 0.25) is 0 Å². The van der Waals surface area contributed by atoms with Crippen molar-refractivity contribution in [3.8, 4) is 11.4 Å². The summed E-state index contributed by atoms with van der Waals surface area (Å²) in [5.74, 6) is 1.06. The lowest BCUT2D eigenvalue weighted by molar-refractivity contribution is 0.221. The molecule has 1 aliphatic rings. The van der Waals surface area contributed by atoms with Crippen molar-refractivity contribution in [2.75, 3.05) is 19.6 Å². The van der Waals surface area contributed by atoms with E-state index in [1.807, 2.05) is 29.3 Å². The molecule has 2 aromatic heterocycles. The summed E-state index contributed by atoms with van der Waals surface area (Å²) < 4.78 is 4.25. The third-order valence-corrected chi connectivity index (χ3v) is 4.97. The first-order valence-electron chi connectivity index (χ1n) is 9.19. The van der Waals surface area contributed by atoms with Crippen molar-refractivity contribution in [2.45, 2.75) is 32.4 Å². The van der Waals surface area contributed by atoms with Gasteiger partial charge in [-0.25, -0.2) is 4.98 Å². The number of rotatable bonds is 6. The molecule has 0 spiro atoms. The fourth-order valence-corrected chi connectivity index (χ4v) is 3.61. The van der Waals surface area contributed by atoms with Crippen LogP contribution in [-0.2, 0) is 13.1 Å². The second kappa shape index (κ2) is 7.66. The smallest absolute Gasteiger partial charge is 0.140 e. The molecular weight excluding hydrogens is 310 g/mol. The summed E-state index contributed by atoms with van der Waals surface area (Å²) in [5, 5.41) is 4.34. The van der Waals surface area contributed by atoms with Crippen LogP contribution in [0.5, 0.6) is 0 Å². The Kier molecular flexibility index (Phi) is 4.93. The van der Waals surface area contributed by atoms with Crippen LogP contribution < -0.4 is 0 Å². The Hall–Kier alpha value is -2.40. The summed E-state index contributed by atoms with van der Waals surface area (Å²) in [4.78, 5) is 7.23. The van der Waals surface area contributed by atoms with E-state index >= 15 is 0 Å². The number of nitrogens with zero attached hydrogens (tertiary/aromatic N) is 5. The monoisotopic (exact) mass is 335 g/mol. The van der Waals surface area contributed by atoms with Crippen molar-refractivity contribution in [1.29, 1.82) is 0 Å². The molecule has 1 fully saturated rings. The van der Waals surface area contributed by atoms with Crippen LogP contribution in [0.2, 0.25) is 0 Å². The fraction of sp³-hybridized carbons (Fsp3) is 0.400. The summed E-state index contributed by atoms with van der Waals surface area (Å²) in [5.41, 5.74) is 2.44. The molecule has 1 aliphatic heterocycles. The number of likely N-dealkylation sites (tertiary alicyclic amines) is 1. The molecule has 25 heavy (non-hydrogen) atoms. The van der Waals surface area contributed by atoms with Crippen LogP contribution in [-0.4, -0.2) is 43.9 Å². The largest absolute Gasteiger partial charge is 0.330 e. The average Bonchev–Trinajstić information content (AvgIpc) is 3.33. The van der Waals surface area contributed by atoms with Crippen LogP contribution in [0.25, 0.3) is 11.4 Å². The van der Waals surface area contributed by atoms with Crippen LogP contribution in [0.15, 0.2) is 55.1 Å². The summed E-state index contributed by atoms with van der Waals surface area (Å²) in [6.07, 6.45) is 11.9. The van der Waals surface area contributed by atoms with Crippen molar-refractivity contribution in [3.63, 3.8) is 0 Å². The topological polar surface area (TPSA) is 38.9 Å². The predicted octanol–water partition coefficient (Wildman–Crippen LogP) is 3.28. The Morgan fingerprint density at radius 1 is 0.880 bits per heavy atom. The minimum absolute atomic E-state index is 0.766. The second-order valence-corrected chi connectivity index (χ2v) is 6.71. The van der Waals surface area contributed by atoms with Crippen molar-refractivity contribution in [3.05, 3.63) is 60.7 Å². The molecule has 1 aromatic carbocycles. The van der Waals surface area contributed by atoms with E-state index in [4.69, 9.17) is 0 Å². The number of piperidine rings is 1. The third-order valence-electron chi connectivity index (χ3n) is 4.97. The van der Waals surface area contributed by atoms with Crippen molar-refractivity contribution >= 4 is 0 Å². The standard InChI is InChI=1S/C20H25N5/c1-4-11-23(12-5-1)15-16-24-14-10-21-20(24)19-8-3-2-7-18(19)17-25-13-6-9-22-25/h2-3,6-10,13-14H,1,4-5,11-12,15-17H2. The van der Waals surface area contributed by atoms with E-state index in [1.165, 1.54) is 43.5 Å². The maximum absolute atomic E-state index is 4.65. The number of benzene rings is 1. The third kappa shape index (κ3) is 3.82. The normalized spacial score (nSPS) is 15.5. The van der Waals surface area contributed by atoms with Gasteiger partial charge in [-0.15, -0.1) is 0 Å². The second-order valence-electron chi connectivity index (χ2n) is 6.71. The zero-order chi connectivity index (χ0) is 16.9. The van der Waals surface area contributed by atoms with E-state index in [0.29, 0.717) is 0 Å². The number of hydrogen-bond donors (Lipinski definition) is 0. The summed E-state index contributed by atoms with van der Waals surface area (Å²) in [7, 11) is 0. The first-order chi connectivity index (χ1) is 12.4. The lowest BCUT2D eigenvalue weighted by atomic mass is 10.1. The first-order valence-corrected chi connectivity index (χ1v) is 9.19. The van der Waals surface area contributed by atoms with Gasteiger partial charge in [0.15, 0.2) is 0 Å². The average molecular weight is 335 g/mol. The van der Waals surface area contributed by atoms with Crippen LogP contribution in [0, 0.1) is 0 Å². The van der Waals surface area contributed by atoms with Crippen LogP contribution in [0.3, 0.4) is 0 Å². The number of aromatic nitrogens is 4. The summed E-state index contributed by atoms with van der Waals surface area (Å²) in [6.45, 7) is 5.33. The van der Waals surface area contributed by atoms with Crippen molar-refractivity contribution in [2.24, 2.45) is 0 Å². The Morgan fingerprint density at radius 3 is 2.60 bits per heavy atom. The lowest BCUT2D eigenvalue weighted by Crippen LogP contribution is -2.32. The van der Waals surface area contributed by atoms with E-state index in [1.54, 1.807) is 0 Å². The van der Waals surface area contributed by atoms with Gasteiger partial charge in [-0.05, 0) is 37.6 Å². The van der Waals surface area contributed by atoms with Gasteiger partial charge in [0.1, 0.15) is 5.82 Å². The highest BCUT2D eigenvalue weighted by Crippen LogP contribution is 2.23. The molecule has 0 unspecified atom stereocenters. The quantitative estimate of drug-likeness (QED) is 0.694. The molecule has 130 valence electrons.